The Morgan fingerprint density at radius 1 is 1.37 bits per heavy atom. The third kappa shape index (κ3) is 4.50. The van der Waals surface area contributed by atoms with Crippen molar-refractivity contribution in [3.8, 4) is 5.75 Å². The van der Waals surface area contributed by atoms with E-state index in [1.165, 1.54) is 13.2 Å². The van der Waals surface area contributed by atoms with Crippen LogP contribution in [-0.4, -0.2) is 31.6 Å². The van der Waals surface area contributed by atoms with E-state index in [-0.39, 0.29) is 29.8 Å². The van der Waals surface area contributed by atoms with Gasteiger partial charge < -0.3 is 20.5 Å². The van der Waals surface area contributed by atoms with Gasteiger partial charge in [0, 0.05) is 11.7 Å². The number of esters is 1. The molecule has 0 saturated carbocycles. The first-order valence-electron chi connectivity index (χ1n) is 5.84. The van der Waals surface area contributed by atoms with Gasteiger partial charge in [-0.05, 0) is 32.0 Å². The summed E-state index contributed by atoms with van der Waals surface area (Å²) in [7, 11) is 1.48. The third-order valence-electron chi connectivity index (χ3n) is 2.26. The van der Waals surface area contributed by atoms with Crippen LogP contribution in [0.5, 0.6) is 5.75 Å². The van der Waals surface area contributed by atoms with E-state index < -0.39 is 5.97 Å². The van der Waals surface area contributed by atoms with Crippen molar-refractivity contribution < 1.29 is 19.1 Å². The maximum atomic E-state index is 11.8. The number of benzene rings is 1. The summed E-state index contributed by atoms with van der Waals surface area (Å²) >= 11 is 0. The number of carbonyl (C=O) groups is 2. The monoisotopic (exact) mass is 266 g/mol. The third-order valence-corrected chi connectivity index (χ3v) is 2.26. The number of rotatable bonds is 5. The topological polar surface area (TPSA) is 90.7 Å². The second-order valence-electron chi connectivity index (χ2n) is 4.25. The van der Waals surface area contributed by atoms with Gasteiger partial charge in [0.05, 0.1) is 12.7 Å². The smallest absolute Gasteiger partial charge is 0.340 e. The molecule has 1 aromatic rings. The van der Waals surface area contributed by atoms with Crippen LogP contribution in [-0.2, 0) is 9.53 Å². The fraction of sp³-hybridized carbons (Fsp3) is 0.385. The van der Waals surface area contributed by atoms with E-state index in [1.54, 1.807) is 12.1 Å². The highest BCUT2D eigenvalue weighted by molar-refractivity contribution is 5.96. The summed E-state index contributed by atoms with van der Waals surface area (Å²) in [5.41, 5.74) is 6.13. The van der Waals surface area contributed by atoms with E-state index in [0.29, 0.717) is 5.75 Å². The number of nitrogens with one attached hydrogen (secondary N) is 1. The zero-order valence-corrected chi connectivity index (χ0v) is 11.2. The Bertz CT molecular complexity index is 472. The average Bonchev–Trinajstić information content (AvgIpc) is 2.35. The van der Waals surface area contributed by atoms with E-state index >= 15 is 0 Å². The van der Waals surface area contributed by atoms with Crippen molar-refractivity contribution in [1.82, 2.24) is 5.32 Å². The number of nitrogen functional groups attached to an aromatic ring is 1. The maximum Gasteiger partial charge on any atom is 0.340 e. The summed E-state index contributed by atoms with van der Waals surface area (Å²) < 4.78 is 9.88. The van der Waals surface area contributed by atoms with Gasteiger partial charge >= 0.3 is 5.97 Å². The molecule has 0 saturated heterocycles. The van der Waals surface area contributed by atoms with Crippen LogP contribution in [0.3, 0.4) is 0 Å². The molecule has 6 nitrogen and oxygen atoms in total. The number of nitrogens with two attached hydrogens (primary N) is 1. The van der Waals surface area contributed by atoms with Crippen LogP contribution in [0, 0.1) is 0 Å². The molecule has 0 unspecified atom stereocenters. The Morgan fingerprint density at radius 2 is 2.05 bits per heavy atom. The largest absolute Gasteiger partial charge is 0.497 e. The number of ether oxygens (including phenoxy) is 2. The Balaban J connectivity index is 2.65. The molecular formula is C13H18N2O4. The first-order valence-corrected chi connectivity index (χ1v) is 5.84. The fourth-order valence-corrected chi connectivity index (χ4v) is 1.41. The van der Waals surface area contributed by atoms with Crippen LogP contribution in [0.4, 0.5) is 5.69 Å². The molecule has 1 aromatic carbocycles. The van der Waals surface area contributed by atoms with Crippen LogP contribution >= 0.6 is 0 Å². The Morgan fingerprint density at radius 3 is 2.63 bits per heavy atom. The molecule has 19 heavy (non-hydrogen) atoms. The van der Waals surface area contributed by atoms with Gasteiger partial charge in [0.15, 0.2) is 6.61 Å². The SMILES string of the molecule is COc1ccc(N)c(C(=O)OCC(=O)NC(C)C)c1. The summed E-state index contributed by atoms with van der Waals surface area (Å²) in [4.78, 5) is 23.1. The lowest BCUT2D eigenvalue weighted by molar-refractivity contribution is -0.124. The van der Waals surface area contributed by atoms with Crippen molar-refractivity contribution in [3.63, 3.8) is 0 Å². The van der Waals surface area contributed by atoms with Gasteiger partial charge in [0.1, 0.15) is 5.75 Å². The zero-order chi connectivity index (χ0) is 14.4. The summed E-state index contributed by atoms with van der Waals surface area (Å²) in [6, 6.07) is 4.65. The Kier molecular flexibility index (Phi) is 5.17. The summed E-state index contributed by atoms with van der Waals surface area (Å²) in [5, 5.41) is 2.61. The molecule has 0 aromatic heterocycles. The van der Waals surface area contributed by atoms with Crippen molar-refractivity contribution in [2.24, 2.45) is 0 Å². The van der Waals surface area contributed by atoms with Crippen molar-refractivity contribution in [3.05, 3.63) is 23.8 Å². The molecule has 0 spiro atoms. The number of methoxy groups -OCH3 is 1. The maximum absolute atomic E-state index is 11.8. The van der Waals surface area contributed by atoms with Gasteiger partial charge in [-0.25, -0.2) is 4.79 Å². The first-order chi connectivity index (χ1) is 8.93. The Labute approximate surface area is 111 Å². The highest BCUT2D eigenvalue weighted by atomic mass is 16.5. The van der Waals surface area contributed by atoms with Gasteiger partial charge in [-0.3, -0.25) is 4.79 Å². The molecule has 0 radical (unpaired) electrons. The molecule has 0 aliphatic rings. The molecular weight excluding hydrogens is 248 g/mol. The first kappa shape index (κ1) is 14.8. The molecule has 0 atom stereocenters. The number of carbonyl (C=O) groups excluding carboxylic acids is 2. The lowest BCUT2D eigenvalue weighted by Crippen LogP contribution is -2.34. The highest BCUT2D eigenvalue weighted by Crippen LogP contribution is 2.20. The van der Waals surface area contributed by atoms with Gasteiger partial charge in [-0.15, -0.1) is 0 Å². The van der Waals surface area contributed by atoms with Crippen LogP contribution in [0.15, 0.2) is 18.2 Å². The molecule has 1 rings (SSSR count). The van der Waals surface area contributed by atoms with Crippen LogP contribution in [0.2, 0.25) is 0 Å². The number of hydrogen-bond donors (Lipinski definition) is 2. The molecule has 0 bridgehead atoms. The van der Waals surface area contributed by atoms with E-state index in [1.807, 2.05) is 13.8 Å². The Hall–Kier alpha value is -2.24. The van der Waals surface area contributed by atoms with E-state index in [9.17, 15) is 9.59 Å². The zero-order valence-electron chi connectivity index (χ0n) is 11.2. The van der Waals surface area contributed by atoms with Crippen molar-refractivity contribution in [1.29, 1.82) is 0 Å². The lowest BCUT2D eigenvalue weighted by Gasteiger charge is -2.10. The second kappa shape index (κ2) is 6.63. The van der Waals surface area contributed by atoms with Crippen LogP contribution in [0.1, 0.15) is 24.2 Å². The summed E-state index contributed by atoms with van der Waals surface area (Å²) in [6.07, 6.45) is 0. The average molecular weight is 266 g/mol. The van der Waals surface area contributed by atoms with Gasteiger partial charge in [0.2, 0.25) is 0 Å². The molecule has 104 valence electrons. The predicted octanol–water partition coefficient (Wildman–Crippen LogP) is 0.959. The van der Waals surface area contributed by atoms with E-state index in [0.717, 1.165) is 0 Å². The van der Waals surface area contributed by atoms with Crippen molar-refractivity contribution in [2.45, 2.75) is 19.9 Å². The van der Waals surface area contributed by atoms with Crippen LogP contribution < -0.4 is 15.8 Å². The number of anilines is 1. The predicted molar refractivity (Wildman–Crippen MR) is 71.0 cm³/mol. The van der Waals surface area contributed by atoms with E-state index in [2.05, 4.69) is 5.32 Å². The summed E-state index contributed by atoms with van der Waals surface area (Å²) in [6.45, 7) is 3.30. The number of hydrogen-bond acceptors (Lipinski definition) is 5. The lowest BCUT2D eigenvalue weighted by atomic mass is 10.2. The molecule has 6 heteroatoms. The van der Waals surface area contributed by atoms with Crippen LogP contribution in [0.25, 0.3) is 0 Å². The fourth-order valence-electron chi connectivity index (χ4n) is 1.41. The normalized spacial score (nSPS) is 10.1. The molecule has 1 amide bonds. The number of amides is 1. The molecule has 0 fully saturated rings. The summed E-state index contributed by atoms with van der Waals surface area (Å²) in [5.74, 6) is -0.520. The second-order valence-corrected chi connectivity index (χ2v) is 4.25. The molecule has 0 heterocycles. The van der Waals surface area contributed by atoms with Gasteiger partial charge in [0.25, 0.3) is 5.91 Å². The highest BCUT2D eigenvalue weighted by Gasteiger charge is 2.14. The molecule has 0 aliphatic carbocycles. The standard InChI is InChI=1S/C13H18N2O4/c1-8(2)15-12(16)7-19-13(17)10-6-9(18-3)4-5-11(10)14/h4-6,8H,7,14H2,1-3H3,(H,15,16). The minimum atomic E-state index is -0.657. The van der Waals surface area contributed by atoms with Crippen molar-refractivity contribution >= 4 is 17.6 Å². The molecule has 3 N–H and O–H groups in total. The van der Waals surface area contributed by atoms with E-state index in [4.69, 9.17) is 15.2 Å². The van der Waals surface area contributed by atoms with Gasteiger partial charge in [-0.1, -0.05) is 0 Å². The minimum Gasteiger partial charge on any atom is -0.497 e. The van der Waals surface area contributed by atoms with Crippen molar-refractivity contribution in [2.75, 3.05) is 19.5 Å². The van der Waals surface area contributed by atoms with Gasteiger partial charge in [-0.2, -0.15) is 0 Å². The minimum absolute atomic E-state index is 0.00640. The quantitative estimate of drug-likeness (QED) is 0.612. The molecule has 0 aliphatic heterocycles.